The first-order valence-corrected chi connectivity index (χ1v) is 7.43. The van der Waals surface area contributed by atoms with Crippen molar-refractivity contribution in [3.63, 3.8) is 0 Å². The van der Waals surface area contributed by atoms with E-state index < -0.39 is 15.8 Å². The first-order valence-electron chi connectivity index (χ1n) is 5.99. The lowest BCUT2D eigenvalue weighted by Gasteiger charge is -2.20. The van der Waals surface area contributed by atoms with Gasteiger partial charge in [-0.2, -0.15) is 0 Å². The third kappa shape index (κ3) is 2.66. The average Bonchev–Trinajstić information content (AvgIpc) is 2.47. The van der Waals surface area contributed by atoms with E-state index in [0.29, 0.717) is 6.54 Å². The molecule has 0 spiro atoms. The Morgan fingerprint density at radius 2 is 1.70 bits per heavy atom. The number of hydrogen-bond donors (Lipinski definition) is 1. The highest BCUT2D eigenvalue weighted by molar-refractivity contribution is 7.92. The lowest BCUT2D eigenvalue weighted by Crippen LogP contribution is -2.27. The fourth-order valence-corrected chi connectivity index (χ4v) is 3.00. The van der Waals surface area contributed by atoms with Crippen molar-refractivity contribution in [2.45, 2.75) is 11.4 Å². The average molecular weight is 294 g/mol. The van der Waals surface area contributed by atoms with Gasteiger partial charge in [-0.05, 0) is 29.8 Å². The molecule has 6 heteroatoms. The summed E-state index contributed by atoms with van der Waals surface area (Å²) in [5.74, 6) is -0.586. The van der Waals surface area contributed by atoms with E-state index in [4.69, 9.17) is 5.73 Å². The van der Waals surface area contributed by atoms with Gasteiger partial charge in [-0.1, -0.05) is 24.3 Å². The van der Waals surface area contributed by atoms with E-state index in [1.165, 1.54) is 37.4 Å². The zero-order valence-electron chi connectivity index (χ0n) is 11.0. The Hall–Kier alpha value is -1.92. The Morgan fingerprint density at radius 3 is 2.25 bits per heavy atom. The summed E-state index contributed by atoms with van der Waals surface area (Å²) < 4.78 is 39.4. The summed E-state index contributed by atoms with van der Waals surface area (Å²) in [6.07, 6.45) is 0. The van der Waals surface area contributed by atoms with Crippen molar-refractivity contribution in [1.82, 2.24) is 0 Å². The number of sulfonamides is 1. The molecule has 0 amide bonds. The highest BCUT2D eigenvalue weighted by atomic mass is 32.2. The van der Waals surface area contributed by atoms with Crippen LogP contribution in [0.5, 0.6) is 0 Å². The van der Waals surface area contributed by atoms with Crippen LogP contribution in [0.3, 0.4) is 0 Å². The number of anilines is 1. The van der Waals surface area contributed by atoms with Crippen LogP contribution in [-0.2, 0) is 16.6 Å². The number of benzene rings is 2. The minimum Gasteiger partial charge on any atom is -0.326 e. The summed E-state index contributed by atoms with van der Waals surface area (Å²) in [5.41, 5.74) is 6.31. The van der Waals surface area contributed by atoms with Gasteiger partial charge in [0.2, 0.25) is 0 Å². The molecule has 0 aliphatic heterocycles. The fraction of sp³-hybridized carbons (Fsp3) is 0.143. The molecule has 20 heavy (non-hydrogen) atoms. The van der Waals surface area contributed by atoms with Gasteiger partial charge in [-0.25, -0.2) is 12.8 Å². The molecule has 0 radical (unpaired) electrons. The molecule has 2 rings (SSSR count). The molecule has 2 N–H and O–H groups in total. The summed E-state index contributed by atoms with van der Waals surface area (Å²) in [4.78, 5) is 0.0976. The van der Waals surface area contributed by atoms with Gasteiger partial charge in [0.05, 0.1) is 10.6 Å². The first kappa shape index (κ1) is 14.5. The van der Waals surface area contributed by atoms with E-state index in [9.17, 15) is 12.8 Å². The highest BCUT2D eigenvalue weighted by Crippen LogP contribution is 2.24. The number of hydrogen-bond acceptors (Lipinski definition) is 3. The van der Waals surface area contributed by atoms with Crippen molar-refractivity contribution in [3.8, 4) is 0 Å². The Balaban J connectivity index is 2.41. The van der Waals surface area contributed by atoms with Crippen molar-refractivity contribution < 1.29 is 12.8 Å². The lowest BCUT2D eigenvalue weighted by molar-refractivity contribution is 0.589. The van der Waals surface area contributed by atoms with Crippen molar-refractivity contribution in [1.29, 1.82) is 0 Å². The molecule has 0 aromatic heterocycles. The molecular formula is C14H15FN2O2S. The SMILES string of the molecule is CN(c1ccccc1F)S(=O)(=O)c1ccc(CN)cc1. The summed E-state index contributed by atoms with van der Waals surface area (Å²) in [7, 11) is -2.46. The van der Waals surface area contributed by atoms with Gasteiger partial charge in [0.15, 0.2) is 0 Å². The largest absolute Gasteiger partial charge is 0.326 e. The predicted molar refractivity (Wildman–Crippen MR) is 76.3 cm³/mol. The maximum Gasteiger partial charge on any atom is 0.264 e. The summed E-state index contributed by atoms with van der Waals surface area (Å²) in [6.45, 7) is 0.337. The van der Waals surface area contributed by atoms with Crippen LogP contribution < -0.4 is 10.0 Å². The third-order valence-electron chi connectivity index (χ3n) is 3.01. The normalized spacial score (nSPS) is 11.3. The number of halogens is 1. The van der Waals surface area contributed by atoms with Crippen molar-refractivity contribution in [2.24, 2.45) is 5.73 Å². The number of nitrogens with zero attached hydrogens (tertiary/aromatic N) is 1. The molecule has 0 heterocycles. The van der Waals surface area contributed by atoms with E-state index in [1.807, 2.05) is 0 Å². The predicted octanol–water partition coefficient (Wildman–Crippen LogP) is 2.11. The Labute approximate surface area is 117 Å². The highest BCUT2D eigenvalue weighted by Gasteiger charge is 2.23. The zero-order chi connectivity index (χ0) is 14.8. The molecule has 2 aromatic rings. The van der Waals surface area contributed by atoms with Gasteiger partial charge in [0.25, 0.3) is 10.0 Å². The minimum atomic E-state index is -3.79. The molecule has 0 saturated carbocycles. The van der Waals surface area contributed by atoms with Crippen LogP contribution in [0.1, 0.15) is 5.56 Å². The number of nitrogens with two attached hydrogens (primary N) is 1. The van der Waals surface area contributed by atoms with Crippen molar-refractivity contribution >= 4 is 15.7 Å². The van der Waals surface area contributed by atoms with Gasteiger partial charge in [-0.3, -0.25) is 4.31 Å². The van der Waals surface area contributed by atoms with E-state index in [2.05, 4.69) is 0 Å². The molecule has 106 valence electrons. The Bertz CT molecular complexity index is 699. The van der Waals surface area contributed by atoms with Crippen molar-refractivity contribution in [2.75, 3.05) is 11.4 Å². The molecule has 2 aromatic carbocycles. The Morgan fingerprint density at radius 1 is 1.10 bits per heavy atom. The van der Waals surface area contributed by atoms with Crippen LogP contribution in [0.25, 0.3) is 0 Å². The van der Waals surface area contributed by atoms with Gasteiger partial charge < -0.3 is 5.73 Å². The standard InChI is InChI=1S/C14H15FN2O2S/c1-17(14-5-3-2-4-13(14)15)20(18,19)12-8-6-11(10-16)7-9-12/h2-9H,10,16H2,1H3. The second-order valence-corrected chi connectivity index (χ2v) is 6.24. The molecule has 4 nitrogen and oxygen atoms in total. The fourth-order valence-electron chi connectivity index (χ4n) is 1.79. The lowest BCUT2D eigenvalue weighted by atomic mass is 10.2. The van der Waals surface area contributed by atoms with Gasteiger partial charge >= 0.3 is 0 Å². The van der Waals surface area contributed by atoms with Crippen LogP contribution in [0.2, 0.25) is 0 Å². The van der Waals surface area contributed by atoms with Crippen LogP contribution in [0, 0.1) is 5.82 Å². The van der Waals surface area contributed by atoms with Crippen LogP contribution in [0.4, 0.5) is 10.1 Å². The molecule has 0 unspecified atom stereocenters. The smallest absolute Gasteiger partial charge is 0.264 e. The minimum absolute atomic E-state index is 0.00963. The first-order chi connectivity index (χ1) is 9.46. The summed E-state index contributed by atoms with van der Waals surface area (Å²) >= 11 is 0. The van der Waals surface area contributed by atoms with E-state index in [-0.39, 0.29) is 10.6 Å². The molecular weight excluding hydrogens is 279 g/mol. The Kier molecular flexibility index (Phi) is 4.06. The molecule has 0 atom stereocenters. The van der Waals surface area contributed by atoms with Gasteiger partial charge in [0.1, 0.15) is 5.82 Å². The molecule has 0 aliphatic rings. The third-order valence-corrected chi connectivity index (χ3v) is 4.79. The molecule has 0 aliphatic carbocycles. The second-order valence-electron chi connectivity index (χ2n) is 4.27. The maximum atomic E-state index is 13.7. The maximum absolute atomic E-state index is 13.7. The summed E-state index contributed by atoms with van der Waals surface area (Å²) in [5, 5.41) is 0. The number of rotatable bonds is 4. The quantitative estimate of drug-likeness (QED) is 0.939. The van der Waals surface area contributed by atoms with E-state index in [1.54, 1.807) is 18.2 Å². The van der Waals surface area contributed by atoms with Gasteiger partial charge in [0, 0.05) is 13.6 Å². The zero-order valence-corrected chi connectivity index (χ0v) is 11.8. The van der Waals surface area contributed by atoms with Crippen LogP contribution >= 0.6 is 0 Å². The van der Waals surface area contributed by atoms with Crippen LogP contribution in [-0.4, -0.2) is 15.5 Å². The number of para-hydroxylation sites is 1. The van der Waals surface area contributed by atoms with Crippen molar-refractivity contribution in [3.05, 3.63) is 59.9 Å². The van der Waals surface area contributed by atoms with Crippen LogP contribution in [0.15, 0.2) is 53.4 Å². The van der Waals surface area contributed by atoms with E-state index in [0.717, 1.165) is 9.87 Å². The molecule has 0 saturated heterocycles. The van der Waals surface area contributed by atoms with E-state index >= 15 is 0 Å². The second kappa shape index (κ2) is 5.60. The monoisotopic (exact) mass is 294 g/mol. The molecule has 0 fully saturated rings. The van der Waals surface area contributed by atoms with Gasteiger partial charge in [-0.15, -0.1) is 0 Å². The topological polar surface area (TPSA) is 63.4 Å². The molecule has 0 bridgehead atoms. The summed E-state index contributed by atoms with van der Waals surface area (Å²) in [6, 6.07) is 11.9.